The van der Waals surface area contributed by atoms with Gasteiger partial charge in [-0.3, -0.25) is 0 Å². The van der Waals surface area contributed by atoms with Crippen LogP contribution in [-0.2, 0) is 4.57 Å². The zero-order valence-electron chi connectivity index (χ0n) is 6.02. The van der Waals surface area contributed by atoms with Crippen molar-refractivity contribution in [2.45, 2.75) is 0 Å². The van der Waals surface area contributed by atoms with Crippen LogP contribution in [0.2, 0.25) is 0 Å². The van der Waals surface area contributed by atoms with Gasteiger partial charge in [0.05, 0.1) is 0 Å². The summed E-state index contributed by atoms with van der Waals surface area (Å²) in [5.74, 6) is 1.80. The van der Waals surface area contributed by atoms with Crippen LogP contribution in [0.5, 0.6) is 17.2 Å². The summed E-state index contributed by atoms with van der Waals surface area (Å²) in [7, 11) is -0.371. The van der Waals surface area contributed by atoms with Crippen LogP contribution in [0.3, 0.4) is 0 Å². The molecule has 2 rings (SSSR count). The standard InChI is InChI=1S/C7H5O4P/c8-12-11-5-1-2-6-7(3-5)10-4-9-6/h1-3H,4H2. The van der Waals surface area contributed by atoms with Crippen molar-refractivity contribution < 1.29 is 18.6 Å². The molecule has 1 heterocycles. The Morgan fingerprint density at radius 1 is 1.33 bits per heavy atom. The van der Waals surface area contributed by atoms with E-state index in [-0.39, 0.29) is 15.5 Å². The van der Waals surface area contributed by atoms with E-state index in [4.69, 9.17) is 14.0 Å². The van der Waals surface area contributed by atoms with Gasteiger partial charge in [-0.25, -0.2) is 4.57 Å². The van der Waals surface area contributed by atoms with E-state index in [9.17, 15) is 4.57 Å². The smallest absolute Gasteiger partial charge is 0.395 e. The first-order valence-electron chi connectivity index (χ1n) is 3.29. The van der Waals surface area contributed by atoms with Crippen LogP contribution >= 0.6 is 8.69 Å². The van der Waals surface area contributed by atoms with Crippen molar-refractivity contribution in [3.8, 4) is 17.2 Å². The molecule has 0 N–H and O–H groups in total. The van der Waals surface area contributed by atoms with Gasteiger partial charge in [0.1, 0.15) is 5.75 Å². The number of hydrogen-bond donors (Lipinski definition) is 0. The molecule has 0 atom stereocenters. The van der Waals surface area contributed by atoms with E-state index < -0.39 is 0 Å². The van der Waals surface area contributed by atoms with Gasteiger partial charge in [0, 0.05) is 6.07 Å². The van der Waals surface area contributed by atoms with E-state index >= 15 is 0 Å². The quantitative estimate of drug-likeness (QED) is 0.659. The zero-order chi connectivity index (χ0) is 8.39. The van der Waals surface area contributed by atoms with E-state index in [0.29, 0.717) is 17.2 Å². The van der Waals surface area contributed by atoms with Crippen molar-refractivity contribution in [2.75, 3.05) is 6.79 Å². The van der Waals surface area contributed by atoms with Gasteiger partial charge < -0.3 is 14.0 Å². The minimum absolute atomic E-state index is 0.230. The Morgan fingerprint density at radius 3 is 3.00 bits per heavy atom. The lowest BCUT2D eigenvalue weighted by Gasteiger charge is -1.97. The molecule has 1 aromatic carbocycles. The molecule has 0 bridgehead atoms. The molecule has 4 nitrogen and oxygen atoms in total. The number of benzene rings is 1. The Kier molecular flexibility index (Phi) is 1.84. The lowest BCUT2D eigenvalue weighted by molar-refractivity contribution is 0.174. The van der Waals surface area contributed by atoms with Gasteiger partial charge in [-0.2, -0.15) is 0 Å². The van der Waals surface area contributed by atoms with Crippen molar-refractivity contribution in [2.24, 2.45) is 0 Å². The van der Waals surface area contributed by atoms with Gasteiger partial charge in [0.25, 0.3) is 0 Å². The molecule has 1 aliphatic rings. The van der Waals surface area contributed by atoms with E-state index in [1.165, 1.54) is 0 Å². The average molecular weight is 184 g/mol. The number of fused-ring (bicyclic) bond motifs is 1. The fourth-order valence-corrected chi connectivity index (χ4v) is 1.18. The van der Waals surface area contributed by atoms with E-state index in [1.807, 2.05) is 0 Å². The van der Waals surface area contributed by atoms with Crippen molar-refractivity contribution in [3.63, 3.8) is 0 Å². The second kappa shape index (κ2) is 2.99. The van der Waals surface area contributed by atoms with E-state index in [1.54, 1.807) is 18.2 Å². The average Bonchev–Trinajstić information content (AvgIpc) is 2.51. The Labute approximate surface area is 70.3 Å². The number of rotatable bonds is 2. The molecule has 0 saturated heterocycles. The summed E-state index contributed by atoms with van der Waals surface area (Å²) in [5.41, 5.74) is 0. The highest BCUT2D eigenvalue weighted by molar-refractivity contribution is 7.17. The summed E-state index contributed by atoms with van der Waals surface area (Å²) in [6, 6.07) is 5.01. The normalized spacial score (nSPS) is 13.3. The number of hydrogen-bond acceptors (Lipinski definition) is 4. The SMILES string of the molecule is O=POc1ccc2c(c1)OCO2. The monoisotopic (exact) mass is 184 g/mol. The van der Waals surface area contributed by atoms with Gasteiger partial charge in [-0.15, -0.1) is 0 Å². The second-order valence-electron chi connectivity index (χ2n) is 2.18. The molecule has 1 aromatic rings. The molecule has 0 spiro atoms. The first-order valence-corrected chi connectivity index (χ1v) is 4.02. The van der Waals surface area contributed by atoms with Crippen LogP contribution < -0.4 is 14.0 Å². The van der Waals surface area contributed by atoms with Crippen molar-refractivity contribution in [1.29, 1.82) is 0 Å². The summed E-state index contributed by atoms with van der Waals surface area (Å²) in [6.07, 6.45) is 0. The predicted molar refractivity (Wildman–Crippen MR) is 40.8 cm³/mol. The molecule has 12 heavy (non-hydrogen) atoms. The Balaban J connectivity index is 2.32. The highest BCUT2D eigenvalue weighted by atomic mass is 31.1. The maximum absolute atomic E-state index is 10.1. The van der Waals surface area contributed by atoms with Crippen molar-refractivity contribution >= 4 is 8.69 Å². The molecule has 5 heteroatoms. The Morgan fingerprint density at radius 2 is 2.17 bits per heavy atom. The van der Waals surface area contributed by atoms with Gasteiger partial charge in [-0.05, 0) is 12.1 Å². The third kappa shape index (κ3) is 1.21. The summed E-state index contributed by atoms with van der Waals surface area (Å²) < 4.78 is 24.9. The van der Waals surface area contributed by atoms with Gasteiger partial charge in [-0.1, -0.05) is 0 Å². The molecule has 0 unspecified atom stereocenters. The first kappa shape index (κ1) is 7.37. The molecule has 0 aliphatic carbocycles. The molecular formula is C7H5O4P. The minimum Gasteiger partial charge on any atom is -0.454 e. The molecule has 0 fully saturated rings. The molecule has 1 aliphatic heterocycles. The highest BCUT2D eigenvalue weighted by Crippen LogP contribution is 2.35. The maximum atomic E-state index is 10.1. The summed E-state index contributed by atoms with van der Waals surface area (Å²) in [5, 5.41) is 0. The van der Waals surface area contributed by atoms with Crippen molar-refractivity contribution in [1.82, 2.24) is 0 Å². The topological polar surface area (TPSA) is 44.8 Å². The highest BCUT2D eigenvalue weighted by Gasteiger charge is 2.13. The third-order valence-corrected chi connectivity index (χ3v) is 1.77. The summed E-state index contributed by atoms with van der Waals surface area (Å²) in [4.78, 5) is 0. The molecule has 0 saturated carbocycles. The van der Waals surface area contributed by atoms with Gasteiger partial charge >= 0.3 is 8.69 Å². The zero-order valence-corrected chi connectivity index (χ0v) is 6.91. The van der Waals surface area contributed by atoms with Crippen LogP contribution in [0.4, 0.5) is 0 Å². The second-order valence-corrected chi connectivity index (χ2v) is 2.51. The van der Waals surface area contributed by atoms with Gasteiger partial charge in [0.15, 0.2) is 11.5 Å². The fourth-order valence-electron chi connectivity index (χ4n) is 0.977. The molecule has 62 valence electrons. The maximum Gasteiger partial charge on any atom is 0.395 e. The van der Waals surface area contributed by atoms with E-state index in [2.05, 4.69) is 0 Å². The lowest BCUT2D eigenvalue weighted by Crippen LogP contribution is -1.92. The Hall–Kier alpha value is -1.28. The number of ether oxygens (including phenoxy) is 2. The molecular weight excluding hydrogens is 179 g/mol. The summed E-state index contributed by atoms with van der Waals surface area (Å²) in [6.45, 7) is 0.230. The van der Waals surface area contributed by atoms with Crippen LogP contribution in [0, 0.1) is 0 Å². The minimum atomic E-state index is -0.371. The van der Waals surface area contributed by atoms with Crippen LogP contribution in [0.25, 0.3) is 0 Å². The van der Waals surface area contributed by atoms with Crippen molar-refractivity contribution in [3.05, 3.63) is 18.2 Å². The lowest BCUT2D eigenvalue weighted by atomic mass is 10.3. The largest absolute Gasteiger partial charge is 0.454 e. The van der Waals surface area contributed by atoms with Crippen LogP contribution in [0.1, 0.15) is 0 Å². The fraction of sp³-hybridized carbons (Fsp3) is 0.143. The molecule has 0 aromatic heterocycles. The third-order valence-electron chi connectivity index (χ3n) is 1.49. The molecule has 0 amide bonds. The Bertz CT molecular complexity index is 312. The summed E-state index contributed by atoms with van der Waals surface area (Å²) >= 11 is 0. The van der Waals surface area contributed by atoms with Gasteiger partial charge in [0.2, 0.25) is 6.79 Å². The van der Waals surface area contributed by atoms with Crippen LogP contribution in [-0.4, -0.2) is 6.79 Å². The van der Waals surface area contributed by atoms with Crippen LogP contribution in [0.15, 0.2) is 18.2 Å². The first-order chi connectivity index (χ1) is 5.90. The predicted octanol–water partition coefficient (Wildman–Crippen LogP) is 2.00. The van der Waals surface area contributed by atoms with E-state index in [0.717, 1.165) is 0 Å². The molecule has 0 radical (unpaired) electrons.